The minimum Gasteiger partial charge on any atom is -0.459 e. The van der Waals surface area contributed by atoms with Crippen LogP contribution < -0.4 is 0 Å². The SMILES string of the molecule is CC(=O)O[C@@]1(C)CC[C@H]2[C@@H]3CCC4=C(C)/C(=N/O)CC[C@]4(C)[C@H]3CC[C@@]21C. The summed E-state index contributed by atoms with van der Waals surface area (Å²) < 4.78 is 5.94. The minimum atomic E-state index is -0.315. The van der Waals surface area contributed by atoms with Crippen LogP contribution in [0.1, 0.15) is 86.0 Å². The molecule has 3 saturated carbocycles. The van der Waals surface area contributed by atoms with E-state index in [0.717, 1.165) is 43.7 Å². The van der Waals surface area contributed by atoms with E-state index >= 15 is 0 Å². The van der Waals surface area contributed by atoms with Crippen molar-refractivity contribution in [3.05, 3.63) is 11.1 Å². The lowest BCUT2D eigenvalue weighted by atomic mass is 9.46. The van der Waals surface area contributed by atoms with E-state index in [1.54, 1.807) is 12.5 Å². The highest BCUT2D eigenvalue weighted by Crippen LogP contribution is 2.68. The van der Waals surface area contributed by atoms with Gasteiger partial charge in [0.2, 0.25) is 0 Å². The van der Waals surface area contributed by atoms with Crippen molar-refractivity contribution in [2.45, 2.75) is 91.6 Å². The largest absolute Gasteiger partial charge is 0.459 e. The van der Waals surface area contributed by atoms with Gasteiger partial charge >= 0.3 is 5.97 Å². The van der Waals surface area contributed by atoms with E-state index < -0.39 is 0 Å². The van der Waals surface area contributed by atoms with Crippen molar-refractivity contribution in [1.29, 1.82) is 0 Å². The predicted octanol–water partition coefficient (Wildman–Crippen LogP) is 5.49. The number of allylic oxidation sites excluding steroid dienone is 2. The van der Waals surface area contributed by atoms with Gasteiger partial charge in [0.25, 0.3) is 0 Å². The van der Waals surface area contributed by atoms with Gasteiger partial charge in [0, 0.05) is 12.3 Å². The third-order valence-electron chi connectivity index (χ3n) is 9.46. The Kier molecular flexibility index (Phi) is 4.29. The average Bonchev–Trinajstić information content (AvgIpc) is 2.85. The fourth-order valence-corrected chi connectivity index (χ4v) is 7.83. The summed E-state index contributed by atoms with van der Waals surface area (Å²) in [4.78, 5) is 11.8. The number of oxime groups is 1. The first-order chi connectivity index (χ1) is 12.7. The second kappa shape index (κ2) is 6.09. The second-order valence-electron chi connectivity index (χ2n) is 10.3. The fraction of sp³-hybridized carbons (Fsp3) is 0.826. The monoisotopic (exact) mass is 373 g/mol. The highest BCUT2D eigenvalue weighted by atomic mass is 16.6. The van der Waals surface area contributed by atoms with Gasteiger partial charge in [-0.2, -0.15) is 0 Å². The van der Waals surface area contributed by atoms with Crippen molar-refractivity contribution in [1.82, 2.24) is 0 Å². The van der Waals surface area contributed by atoms with Crippen molar-refractivity contribution in [2.75, 3.05) is 0 Å². The van der Waals surface area contributed by atoms with E-state index in [-0.39, 0.29) is 22.4 Å². The van der Waals surface area contributed by atoms with Gasteiger partial charge in [-0.15, -0.1) is 0 Å². The number of rotatable bonds is 1. The van der Waals surface area contributed by atoms with Crippen LogP contribution in [0.2, 0.25) is 0 Å². The van der Waals surface area contributed by atoms with Gasteiger partial charge in [0.05, 0.1) is 5.71 Å². The Morgan fingerprint density at radius 2 is 1.78 bits per heavy atom. The van der Waals surface area contributed by atoms with Gasteiger partial charge in [-0.05, 0) is 94.0 Å². The van der Waals surface area contributed by atoms with Gasteiger partial charge in [0.1, 0.15) is 5.60 Å². The maximum Gasteiger partial charge on any atom is 0.303 e. The number of fused-ring (bicyclic) bond motifs is 5. The molecule has 4 nitrogen and oxygen atoms in total. The van der Waals surface area contributed by atoms with Crippen LogP contribution in [-0.2, 0) is 9.53 Å². The van der Waals surface area contributed by atoms with Gasteiger partial charge in [-0.3, -0.25) is 4.79 Å². The zero-order valence-corrected chi connectivity index (χ0v) is 17.6. The molecule has 3 fully saturated rings. The van der Waals surface area contributed by atoms with Crippen molar-refractivity contribution in [3.63, 3.8) is 0 Å². The number of carbonyl (C=O) groups is 1. The van der Waals surface area contributed by atoms with E-state index in [1.807, 2.05) is 0 Å². The number of esters is 1. The molecule has 0 heterocycles. The lowest BCUT2D eigenvalue weighted by molar-refractivity contribution is -0.177. The molecule has 0 spiro atoms. The molecular weight excluding hydrogens is 338 g/mol. The molecule has 0 radical (unpaired) electrons. The Balaban J connectivity index is 1.68. The zero-order valence-electron chi connectivity index (χ0n) is 17.6. The Hall–Kier alpha value is -1.32. The van der Waals surface area contributed by atoms with Crippen LogP contribution >= 0.6 is 0 Å². The summed E-state index contributed by atoms with van der Waals surface area (Å²) in [6.07, 6.45) is 8.87. The van der Waals surface area contributed by atoms with E-state index in [0.29, 0.717) is 11.8 Å². The van der Waals surface area contributed by atoms with Gasteiger partial charge < -0.3 is 9.94 Å². The molecule has 0 saturated heterocycles. The van der Waals surface area contributed by atoms with Crippen LogP contribution in [0.3, 0.4) is 0 Å². The van der Waals surface area contributed by atoms with Crippen molar-refractivity contribution < 1.29 is 14.7 Å². The van der Waals surface area contributed by atoms with Crippen LogP contribution in [0.25, 0.3) is 0 Å². The van der Waals surface area contributed by atoms with E-state index in [4.69, 9.17) is 4.74 Å². The highest BCUT2D eigenvalue weighted by molar-refractivity contribution is 6.01. The quantitative estimate of drug-likeness (QED) is 0.375. The number of hydrogen-bond donors (Lipinski definition) is 1. The Labute approximate surface area is 163 Å². The molecule has 0 aromatic carbocycles. The van der Waals surface area contributed by atoms with Gasteiger partial charge in [0.15, 0.2) is 0 Å². The molecule has 27 heavy (non-hydrogen) atoms. The smallest absolute Gasteiger partial charge is 0.303 e. The number of nitrogens with zero attached hydrogens (tertiary/aromatic N) is 1. The van der Waals surface area contributed by atoms with Gasteiger partial charge in [-0.25, -0.2) is 0 Å². The fourth-order valence-electron chi connectivity index (χ4n) is 7.83. The molecule has 0 unspecified atom stereocenters. The summed E-state index contributed by atoms with van der Waals surface area (Å²) in [7, 11) is 0. The summed E-state index contributed by atoms with van der Waals surface area (Å²) in [6.45, 7) is 10.7. The number of hydrogen-bond acceptors (Lipinski definition) is 4. The first-order valence-electron chi connectivity index (χ1n) is 10.8. The summed E-state index contributed by atoms with van der Waals surface area (Å²) in [5.74, 6) is 1.93. The molecule has 0 aromatic heterocycles. The summed E-state index contributed by atoms with van der Waals surface area (Å²) >= 11 is 0. The second-order valence-corrected chi connectivity index (χ2v) is 10.3. The maximum atomic E-state index is 11.8. The summed E-state index contributed by atoms with van der Waals surface area (Å²) in [6, 6.07) is 0. The van der Waals surface area contributed by atoms with Crippen molar-refractivity contribution >= 4 is 11.7 Å². The molecule has 4 rings (SSSR count). The van der Waals surface area contributed by atoms with Crippen LogP contribution in [0.5, 0.6) is 0 Å². The highest BCUT2D eigenvalue weighted by Gasteiger charge is 2.64. The molecule has 150 valence electrons. The molecule has 0 aromatic rings. The Morgan fingerprint density at radius 1 is 1.07 bits per heavy atom. The predicted molar refractivity (Wildman–Crippen MR) is 106 cm³/mol. The lowest BCUT2D eigenvalue weighted by Crippen LogP contribution is -2.55. The molecule has 4 aliphatic rings. The number of ether oxygens (including phenoxy) is 1. The zero-order chi connectivity index (χ0) is 19.6. The molecule has 0 amide bonds. The van der Waals surface area contributed by atoms with Gasteiger partial charge in [-0.1, -0.05) is 24.6 Å². The molecule has 0 bridgehead atoms. The third kappa shape index (κ3) is 2.47. The van der Waals surface area contributed by atoms with Crippen molar-refractivity contribution in [2.24, 2.45) is 33.7 Å². The standard InChI is InChI=1S/C23H35NO3/c1-14-17-7-6-16-18(21(17,3)11-10-20(14)24-26)8-12-22(4)19(16)9-13-23(22,5)27-15(2)25/h16,18-19,26H,6-13H2,1-5H3/b24-20+/t16-,18+,19+,21+,22+,23+/m1/s1. The topological polar surface area (TPSA) is 58.9 Å². The normalized spacial score (nSPS) is 48.0. The molecular formula is C23H35NO3. The molecule has 4 aliphatic carbocycles. The van der Waals surface area contributed by atoms with E-state index in [2.05, 4.69) is 32.9 Å². The minimum absolute atomic E-state index is 0.0961. The van der Waals surface area contributed by atoms with Crippen LogP contribution in [0.4, 0.5) is 0 Å². The molecule has 6 atom stereocenters. The molecule has 0 aliphatic heterocycles. The van der Waals surface area contributed by atoms with Crippen molar-refractivity contribution in [3.8, 4) is 0 Å². The summed E-state index contributed by atoms with van der Waals surface area (Å²) in [5.41, 5.74) is 3.71. The average molecular weight is 374 g/mol. The third-order valence-corrected chi connectivity index (χ3v) is 9.46. The van der Waals surface area contributed by atoms with Crippen LogP contribution in [-0.4, -0.2) is 22.5 Å². The van der Waals surface area contributed by atoms with E-state index in [1.165, 1.54) is 24.8 Å². The maximum absolute atomic E-state index is 11.8. The van der Waals surface area contributed by atoms with Crippen LogP contribution in [0, 0.1) is 28.6 Å². The van der Waals surface area contributed by atoms with E-state index in [9.17, 15) is 10.0 Å². The molecule has 4 heteroatoms. The Morgan fingerprint density at radius 3 is 2.44 bits per heavy atom. The summed E-state index contributed by atoms with van der Waals surface area (Å²) in [5, 5.41) is 12.9. The number of carbonyl (C=O) groups excluding carboxylic acids is 1. The first kappa shape index (κ1) is 19.0. The lowest BCUT2D eigenvalue weighted by Gasteiger charge is -2.59. The van der Waals surface area contributed by atoms with Crippen LogP contribution in [0.15, 0.2) is 16.3 Å². The Bertz CT molecular complexity index is 725. The molecule has 1 N–H and O–H groups in total. The first-order valence-corrected chi connectivity index (χ1v) is 10.8.